The molecule has 0 N–H and O–H groups in total. The van der Waals surface area contributed by atoms with Gasteiger partial charge in [0.15, 0.2) is 0 Å². The third kappa shape index (κ3) is 3.38. The summed E-state index contributed by atoms with van der Waals surface area (Å²) >= 11 is 5.93. The van der Waals surface area contributed by atoms with Crippen LogP contribution in [0.25, 0.3) is 0 Å². The van der Waals surface area contributed by atoms with Crippen LogP contribution in [-0.2, 0) is 9.47 Å². The number of hydrogen-bond acceptors (Lipinski definition) is 4. The summed E-state index contributed by atoms with van der Waals surface area (Å²) in [5.74, 6) is 0. The number of methoxy groups -OCH3 is 1. The maximum Gasteiger partial charge on any atom is 0.101 e. The summed E-state index contributed by atoms with van der Waals surface area (Å²) in [5, 5.41) is 9.80. The molecular weight excluding hydrogens is 264 g/mol. The van der Waals surface area contributed by atoms with Gasteiger partial charge in [-0.1, -0.05) is 11.6 Å². The van der Waals surface area contributed by atoms with Crippen molar-refractivity contribution in [3.05, 3.63) is 28.8 Å². The van der Waals surface area contributed by atoms with Crippen molar-refractivity contribution in [1.29, 1.82) is 5.26 Å². The molecule has 0 radical (unpaired) electrons. The van der Waals surface area contributed by atoms with Crippen molar-refractivity contribution in [2.45, 2.75) is 19.1 Å². The lowest BCUT2D eigenvalue weighted by molar-refractivity contribution is -0.0511. The molecule has 2 rings (SSSR count). The van der Waals surface area contributed by atoms with Crippen LogP contribution in [0.3, 0.4) is 0 Å². The Morgan fingerprint density at radius 3 is 3.00 bits per heavy atom. The molecule has 0 spiro atoms. The zero-order valence-electron chi connectivity index (χ0n) is 11.1. The van der Waals surface area contributed by atoms with Gasteiger partial charge in [0.2, 0.25) is 0 Å². The van der Waals surface area contributed by atoms with E-state index in [0.29, 0.717) is 23.7 Å². The molecule has 2 unspecified atom stereocenters. The van der Waals surface area contributed by atoms with Gasteiger partial charge in [-0.2, -0.15) is 5.26 Å². The van der Waals surface area contributed by atoms with Crippen molar-refractivity contribution in [1.82, 2.24) is 0 Å². The second-order valence-electron chi connectivity index (χ2n) is 4.70. The average molecular weight is 281 g/mol. The van der Waals surface area contributed by atoms with Crippen molar-refractivity contribution in [2.24, 2.45) is 0 Å². The molecule has 1 saturated heterocycles. The van der Waals surface area contributed by atoms with Crippen LogP contribution in [0.5, 0.6) is 0 Å². The van der Waals surface area contributed by atoms with Crippen LogP contribution in [0.2, 0.25) is 5.02 Å². The van der Waals surface area contributed by atoms with Crippen LogP contribution >= 0.6 is 11.6 Å². The number of benzene rings is 1. The number of halogens is 1. The van der Waals surface area contributed by atoms with Gasteiger partial charge in [0.25, 0.3) is 0 Å². The SMILES string of the molecule is COCC1CN(c2ccc(Cl)cc2C#N)CC(C)O1. The number of morpholine rings is 1. The summed E-state index contributed by atoms with van der Waals surface area (Å²) < 4.78 is 11.0. The first-order valence-electron chi connectivity index (χ1n) is 6.23. The van der Waals surface area contributed by atoms with E-state index < -0.39 is 0 Å². The van der Waals surface area contributed by atoms with E-state index in [9.17, 15) is 5.26 Å². The van der Waals surface area contributed by atoms with Crippen LogP contribution in [0.1, 0.15) is 12.5 Å². The molecule has 19 heavy (non-hydrogen) atoms. The number of ether oxygens (including phenoxy) is 2. The van der Waals surface area contributed by atoms with Crippen molar-refractivity contribution in [3.8, 4) is 6.07 Å². The Bertz CT molecular complexity index is 487. The minimum absolute atomic E-state index is 0.0240. The summed E-state index contributed by atoms with van der Waals surface area (Å²) in [6, 6.07) is 7.59. The Hall–Kier alpha value is -1.28. The van der Waals surface area contributed by atoms with Crippen molar-refractivity contribution >= 4 is 17.3 Å². The number of nitrogens with zero attached hydrogens (tertiary/aromatic N) is 2. The fraction of sp³-hybridized carbons (Fsp3) is 0.500. The summed E-state index contributed by atoms with van der Waals surface area (Å²) in [6.07, 6.45) is 0.132. The highest BCUT2D eigenvalue weighted by atomic mass is 35.5. The molecule has 1 fully saturated rings. The molecule has 0 bridgehead atoms. The first-order chi connectivity index (χ1) is 9.13. The van der Waals surface area contributed by atoms with Gasteiger partial charge in [-0.25, -0.2) is 0 Å². The molecule has 0 aromatic heterocycles. The molecule has 0 aliphatic carbocycles. The predicted molar refractivity (Wildman–Crippen MR) is 74.6 cm³/mol. The smallest absolute Gasteiger partial charge is 0.101 e. The fourth-order valence-electron chi connectivity index (χ4n) is 2.39. The van der Waals surface area contributed by atoms with Crippen LogP contribution in [-0.4, -0.2) is 39.0 Å². The van der Waals surface area contributed by atoms with Crippen molar-refractivity contribution < 1.29 is 9.47 Å². The lowest BCUT2D eigenvalue weighted by Crippen LogP contribution is -2.48. The highest BCUT2D eigenvalue weighted by Crippen LogP contribution is 2.26. The van der Waals surface area contributed by atoms with E-state index in [4.69, 9.17) is 21.1 Å². The largest absolute Gasteiger partial charge is 0.382 e. The number of rotatable bonds is 3. The second kappa shape index (κ2) is 6.25. The Morgan fingerprint density at radius 1 is 1.53 bits per heavy atom. The van der Waals surface area contributed by atoms with Crippen molar-refractivity contribution in [2.75, 3.05) is 31.7 Å². The van der Waals surface area contributed by atoms with E-state index in [2.05, 4.69) is 11.0 Å². The maximum atomic E-state index is 9.22. The van der Waals surface area contributed by atoms with Crippen LogP contribution < -0.4 is 4.90 Å². The molecule has 1 aromatic carbocycles. The molecule has 0 amide bonds. The van der Waals surface area contributed by atoms with Crippen LogP contribution in [0, 0.1) is 11.3 Å². The van der Waals surface area contributed by atoms with Gasteiger partial charge in [0.05, 0.1) is 30.1 Å². The van der Waals surface area contributed by atoms with Gasteiger partial charge in [-0.15, -0.1) is 0 Å². The standard InChI is InChI=1S/C14H17ClN2O2/c1-10-7-17(8-13(19-10)9-18-2)14-4-3-12(15)5-11(14)6-16/h3-5,10,13H,7-9H2,1-2H3. The molecule has 1 heterocycles. The normalized spacial score (nSPS) is 23.2. The highest BCUT2D eigenvalue weighted by molar-refractivity contribution is 6.30. The lowest BCUT2D eigenvalue weighted by atomic mass is 10.1. The van der Waals surface area contributed by atoms with E-state index in [1.807, 2.05) is 19.1 Å². The average Bonchev–Trinajstić information content (AvgIpc) is 2.38. The topological polar surface area (TPSA) is 45.5 Å². The molecule has 2 atom stereocenters. The highest BCUT2D eigenvalue weighted by Gasteiger charge is 2.26. The number of hydrogen-bond donors (Lipinski definition) is 0. The third-order valence-corrected chi connectivity index (χ3v) is 3.33. The van der Waals surface area contributed by atoms with Gasteiger partial charge in [0.1, 0.15) is 6.07 Å². The van der Waals surface area contributed by atoms with E-state index in [1.165, 1.54) is 0 Å². The minimum atomic E-state index is 0.0240. The van der Waals surface area contributed by atoms with Crippen molar-refractivity contribution in [3.63, 3.8) is 0 Å². The lowest BCUT2D eigenvalue weighted by Gasteiger charge is -2.38. The Balaban J connectivity index is 2.23. The molecular formula is C14H17ClN2O2. The fourth-order valence-corrected chi connectivity index (χ4v) is 2.57. The molecule has 5 heteroatoms. The molecule has 1 aliphatic rings. The molecule has 4 nitrogen and oxygen atoms in total. The maximum absolute atomic E-state index is 9.22. The summed E-state index contributed by atoms with van der Waals surface area (Å²) in [7, 11) is 1.66. The molecule has 0 saturated carbocycles. The molecule has 1 aliphatic heterocycles. The number of nitriles is 1. The van der Waals surface area contributed by atoms with Gasteiger partial charge in [-0.3, -0.25) is 0 Å². The van der Waals surface area contributed by atoms with E-state index in [0.717, 1.165) is 12.2 Å². The van der Waals surface area contributed by atoms with Gasteiger partial charge in [0, 0.05) is 25.2 Å². The van der Waals surface area contributed by atoms with Gasteiger partial charge >= 0.3 is 0 Å². The van der Waals surface area contributed by atoms with E-state index in [1.54, 1.807) is 13.2 Å². The molecule has 1 aromatic rings. The van der Waals surface area contributed by atoms with E-state index >= 15 is 0 Å². The Labute approximate surface area is 118 Å². The van der Waals surface area contributed by atoms with Gasteiger partial charge in [-0.05, 0) is 25.1 Å². The Morgan fingerprint density at radius 2 is 2.32 bits per heavy atom. The summed E-state index contributed by atoms with van der Waals surface area (Å²) in [6.45, 7) is 4.05. The zero-order valence-corrected chi connectivity index (χ0v) is 11.9. The zero-order chi connectivity index (χ0) is 13.8. The third-order valence-electron chi connectivity index (χ3n) is 3.10. The quantitative estimate of drug-likeness (QED) is 0.853. The second-order valence-corrected chi connectivity index (χ2v) is 5.14. The predicted octanol–water partition coefficient (Wildman–Crippen LogP) is 2.45. The first-order valence-corrected chi connectivity index (χ1v) is 6.61. The molecule has 102 valence electrons. The van der Waals surface area contributed by atoms with E-state index in [-0.39, 0.29) is 12.2 Å². The minimum Gasteiger partial charge on any atom is -0.382 e. The number of anilines is 1. The van der Waals surface area contributed by atoms with Gasteiger partial charge < -0.3 is 14.4 Å². The Kier molecular flexibility index (Phi) is 4.65. The summed E-state index contributed by atoms with van der Waals surface area (Å²) in [4.78, 5) is 2.16. The monoisotopic (exact) mass is 280 g/mol. The first kappa shape index (κ1) is 14.1. The van der Waals surface area contributed by atoms with Crippen LogP contribution in [0.15, 0.2) is 18.2 Å². The van der Waals surface area contributed by atoms with Crippen LogP contribution in [0.4, 0.5) is 5.69 Å². The summed E-state index contributed by atoms with van der Waals surface area (Å²) in [5.41, 5.74) is 1.50.